The van der Waals surface area contributed by atoms with E-state index >= 15 is 0 Å². The number of rotatable bonds is 4. The summed E-state index contributed by atoms with van der Waals surface area (Å²) in [4.78, 5) is 11.8. The number of hydrogen-bond donors (Lipinski definition) is 2. The van der Waals surface area contributed by atoms with Crippen LogP contribution in [-0.4, -0.2) is 31.2 Å². The molecule has 1 rings (SSSR count). The summed E-state index contributed by atoms with van der Waals surface area (Å²) in [5.41, 5.74) is 5.55. The van der Waals surface area contributed by atoms with Crippen molar-refractivity contribution >= 4 is 5.91 Å². The van der Waals surface area contributed by atoms with E-state index < -0.39 is 0 Å². The van der Waals surface area contributed by atoms with Gasteiger partial charge in [-0.05, 0) is 32.7 Å². The lowest BCUT2D eigenvalue weighted by Crippen LogP contribution is -2.42. The van der Waals surface area contributed by atoms with Crippen LogP contribution >= 0.6 is 0 Å². The molecule has 0 aromatic heterocycles. The topological polar surface area (TPSA) is 64.4 Å². The van der Waals surface area contributed by atoms with E-state index in [1.54, 1.807) is 0 Å². The summed E-state index contributed by atoms with van der Waals surface area (Å²) in [5, 5.41) is 2.99. The zero-order valence-electron chi connectivity index (χ0n) is 9.82. The zero-order chi connectivity index (χ0) is 11.4. The summed E-state index contributed by atoms with van der Waals surface area (Å²) in [7, 11) is 0. The monoisotopic (exact) mass is 214 g/mol. The van der Waals surface area contributed by atoms with E-state index in [1.807, 2.05) is 20.8 Å². The molecule has 4 unspecified atom stereocenters. The van der Waals surface area contributed by atoms with Crippen molar-refractivity contribution in [2.24, 2.45) is 17.6 Å². The fourth-order valence-corrected chi connectivity index (χ4v) is 1.69. The Labute approximate surface area is 91.5 Å². The number of amides is 1. The molecule has 1 amide bonds. The van der Waals surface area contributed by atoms with Crippen LogP contribution in [-0.2, 0) is 9.53 Å². The number of ether oxygens (including phenoxy) is 1. The number of carbonyl (C=O) groups is 1. The van der Waals surface area contributed by atoms with Crippen molar-refractivity contribution < 1.29 is 9.53 Å². The summed E-state index contributed by atoms with van der Waals surface area (Å²) in [6, 6.07) is 0.137. The van der Waals surface area contributed by atoms with E-state index in [-0.39, 0.29) is 24.0 Å². The molecule has 88 valence electrons. The lowest BCUT2D eigenvalue weighted by Gasteiger charge is -2.21. The minimum Gasteiger partial charge on any atom is -0.378 e. The van der Waals surface area contributed by atoms with Gasteiger partial charge in [-0.15, -0.1) is 0 Å². The van der Waals surface area contributed by atoms with Gasteiger partial charge in [0, 0.05) is 6.04 Å². The molecule has 1 aliphatic heterocycles. The molecule has 0 aromatic rings. The largest absolute Gasteiger partial charge is 0.378 e. The Morgan fingerprint density at radius 2 is 2.27 bits per heavy atom. The van der Waals surface area contributed by atoms with Crippen LogP contribution < -0.4 is 11.1 Å². The molecule has 0 bridgehead atoms. The maximum atomic E-state index is 11.8. The van der Waals surface area contributed by atoms with Gasteiger partial charge in [-0.3, -0.25) is 4.79 Å². The van der Waals surface area contributed by atoms with Crippen molar-refractivity contribution in [3.05, 3.63) is 0 Å². The van der Waals surface area contributed by atoms with Crippen molar-refractivity contribution in [1.82, 2.24) is 5.32 Å². The number of nitrogens with two attached hydrogens (primary N) is 1. The molecule has 0 radical (unpaired) electrons. The second-order valence-electron chi connectivity index (χ2n) is 4.59. The van der Waals surface area contributed by atoms with Gasteiger partial charge in [0.25, 0.3) is 0 Å². The molecule has 0 aliphatic carbocycles. The first-order chi connectivity index (χ1) is 7.04. The first-order valence-electron chi connectivity index (χ1n) is 5.66. The van der Waals surface area contributed by atoms with Gasteiger partial charge in [-0.25, -0.2) is 0 Å². The Morgan fingerprint density at radius 3 is 2.73 bits per heavy atom. The van der Waals surface area contributed by atoms with Crippen molar-refractivity contribution in [1.29, 1.82) is 0 Å². The summed E-state index contributed by atoms with van der Waals surface area (Å²) in [6.07, 6.45) is 1.04. The predicted molar refractivity (Wildman–Crippen MR) is 59.3 cm³/mol. The van der Waals surface area contributed by atoms with E-state index in [2.05, 4.69) is 5.32 Å². The molecular formula is C11H22N2O2. The Hall–Kier alpha value is -0.610. The van der Waals surface area contributed by atoms with Crippen LogP contribution in [0.2, 0.25) is 0 Å². The molecule has 15 heavy (non-hydrogen) atoms. The van der Waals surface area contributed by atoms with Gasteiger partial charge in [0.1, 0.15) is 0 Å². The Balaban J connectivity index is 2.35. The number of carbonyl (C=O) groups excluding carboxylic acids is 1. The molecule has 0 saturated carbocycles. The van der Waals surface area contributed by atoms with Crippen LogP contribution in [0.15, 0.2) is 0 Å². The molecule has 0 aromatic carbocycles. The van der Waals surface area contributed by atoms with E-state index in [1.165, 1.54) is 0 Å². The minimum atomic E-state index is 0.0208. The fourth-order valence-electron chi connectivity index (χ4n) is 1.69. The fraction of sp³-hybridized carbons (Fsp3) is 0.909. The van der Waals surface area contributed by atoms with Crippen LogP contribution in [0.4, 0.5) is 0 Å². The van der Waals surface area contributed by atoms with Gasteiger partial charge in [-0.2, -0.15) is 0 Å². The molecule has 1 fully saturated rings. The number of nitrogens with one attached hydrogen (secondary N) is 1. The maximum absolute atomic E-state index is 11.8. The highest BCUT2D eigenvalue weighted by molar-refractivity contribution is 5.79. The van der Waals surface area contributed by atoms with Gasteiger partial charge in [0.2, 0.25) is 5.91 Å². The second-order valence-corrected chi connectivity index (χ2v) is 4.59. The molecule has 4 heteroatoms. The smallest absolute Gasteiger partial charge is 0.225 e. The van der Waals surface area contributed by atoms with Gasteiger partial charge in [0.05, 0.1) is 18.6 Å². The van der Waals surface area contributed by atoms with Crippen LogP contribution in [0.5, 0.6) is 0 Å². The highest BCUT2D eigenvalue weighted by Crippen LogP contribution is 2.19. The second kappa shape index (κ2) is 5.47. The third-order valence-corrected chi connectivity index (χ3v) is 3.16. The van der Waals surface area contributed by atoms with Crippen LogP contribution in [0.1, 0.15) is 27.2 Å². The Morgan fingerprint density at radius 1 is 1.60 bits per heavy atom. The first kappa shape index (κ1) is 12.5. The van der Waals surface area contributed by atoms with Crippen LogP contribution in [0.25, 0.3) is 0 Å². The van der Waals surface area contributed by atoms with Gasteiger partial charge in [0.15, 0.2) is 0 Å². The number of hydrogen-bond acceptors (Lipinski definition) is 3. The summed E-state index contributed by atoms with van der Waals surface area (Å²) >= 11 is 0. The average Bonchev–Trinajstić information content (AvgIpc) is 2.63. The van der Waals surface area contributed by atoms with Gasteiger partial charge < -0.3 is 15.8 Å². The average molecular weight is 214 g/mol. The Bertz CT molecular complexity index is 221. The molecule has 0 spiro atoms. The molecule has 4 atom stereocenters. The van der Waals surface area contributed by atoms with Crippen LogP contribution in [0.3, 0.4) is 0 Å². The molecule has 4 nitrogen and oxygen atoms in total. The third kappa shape index (κ3) is 3.47. The summed E-state index contributed by atoms with van der Waals surface area (Å²) in [5.74, 6) is 0.438. The third-order valence-electron chi connectivity index (χ3n) is 3.16. The van der Waals surface area contributed by atoms with Gasteiger partial charge >= 0.3 is 0 Å². The normalized spacial score (nSPS) is 29.9. The molecule has 3 N–H and O–H groups in total. The van der Waals surface area contributed by atoms with E-state index in [4.69, 9.17) is 10.5 Å². The molecule has 1 heterocycles. The summed E-state index contributed by atoms with van der Waals surface area (Å²) < 4.78 is 5.37. The lowest BCUT2D eigenvalue weighted by molar-refractivity contribution is -0.125. The van der Waals surface area contributed by atoms with Crippen LogP contribution in [0, 0.1) is 11.8 Å². The maximum Gasteiger partial charge on any atom is 0.225 e. The first-order valence-corrected chi connectivity index (χ1v) is 5.66. The van der Waals surface area contributed by atoms with Crippen molar-refractivity contribution in [3.8, 4) is 0 Å². The zero-order valence-corrected chi connectivity index (χ0v) is 9.82. The highest BCUT2D eigenvalue weighted by atomic mass is 16.5. The van der Waals surface area contributed by atoms with Gasteiger partial charge in [-0.1, -0.05) is 6.92 Å². The summed E-state index contributed by atoms with van der Waals surface area (Å²) in [6.45, 7) is 7.18. The molecular weight excluding hydrogens is 192 g/mol. The highest BCUT2D eigenvalue weighted by Gasteiger charge is 2.29. The molecule has 1 saturated heterocycles. The molecule has 1 aliphatic rings. The van der Waals surface area contributed by atoms with Crippen molar-refractivity contribution in [2.75, 3.05) is 13.2 Å². The van der Waals surface area contributed by atoms with E-state index in [9.17, 15) is 4.79 Å². The van der Waals surface area contributed by atoms with E-state index in [0.29, 0.717) is 19.1 Å². The van der Waals surface area contributed by atoms with E-state index in [0.717, 1.165) is 6.42 Å². The quantitative estimate of drug-likeness (QED) is 0.716. The minimum absolute atomic E-state index is 0.0208. The SMILES string of the molecule is CC1CC(C(=O)NC(C)C(C)CN)CO1. The lowest BCUT2D eigenvalue weighted by atomic mass is 10.0. The van der Waals surface area contributed by atoms with Crippen molar-refractivity contribution in [2.45, 2.75) is 39.3 Å². The van der Waals surface area contributed by atoms with Crippen molar-refractivity contribution in [3.63, 3.8) is 0 Å². The Kier molecular flexibility index (Phi) is 4.54. The predicted octanol–water partition coefficient (Wildman–Crippen LogP) is 0.511. The standard InChI is InChI=1S/C11H22N2O2/c1-7(5-12)9(3)13-11(14)10-4-8(2)15-6-10/h7-10H,4-6,12H2,1-3H3,(H,13,14).